The zero-order chi connectivity index (χ0) is 18.6. The Hall–Kier alpha value is -3.36. The molecule has 0 saturated carbocycles. The van der Waals surface area contributed by atoms with E-state index in [0.29, 0.717) is 11.8 Å². The van der Waals surface area contributed by atoms with Crippen molar-refractivity contribution in [2.75, 3.05) is 41.3 Å². The third-order valence-electron chi connectivity index (χ3n) is 4.29. The standard InChI is InChI=1S/C18H17F2N7/c19-13-2-3-15(14(20)10-13)25-16-11-17(24-12-23-16)26-6-8-27(9-7-26)18-21-4-1-5-22-18/h1-5,10-12H,6-9H2,(H,23,24,25). The molecule has 27 heavy (non-hydrogen) atoms. The van der Waals surface area contributed by atoms with Gasteiger partial charge in [0.2, 0.25) is 5.95 Å². The fourth-order valence-corrected chi connectivity index (χ4v) is 2.91. The molecule has 1 saturated heterocycles. The minimum atomic E-state index is -0.674. The molecule has 0 spiro atoms. The molecule has 1 N–H and O–H groups in total. The molecule has 3 heterocycles. The minimum absolute atomic E-state index is 0.159. The molecule has 3 aromatic rings. The molecule has 7 nitrogen and oxygen atoms in total. The van der Waals surface area contributed by atoms with Gasteiger partial charge in [0.25, 0.3) is 0 Å². The van der Waals surface area contributed by atoms with Crippen molar-refractivity contribution in [3.05, 3.63) is 60.7 Å². The Balaban J connectivity index is 1.44. The van der Waals surface area contributed by atoms with Crippen LogP contribution in [0.4, 0.5) is 32.1 Å². The molecule has 0 atom stereocenters. The van der Waals surface area contributed by atoms with E-state index in [9.17, 15) is 8.78 Å². The average Bonchev–Trinajstić information content (AvgIpc) is 2.71. The fraction of sp³-hybridized carbons (Fsp3) is 0.222. The van der Waals surface area contributed by atoms with Gasteiger partial charge in [0.05, 0.1) is 5.69 Å². The molecule has 0 amide bonds. The highest BCUT2D eigenvalue weighted by molar-refractivity contribution is 5.60. The lowest BCUT2D eigenvalue weighted by molar-refractivity contribution is 0.586. The quantitative estimate of drug-likeness (QED) is 0.758. The van der Waals surface area contributed by atoms with E-state index in [1.165, 1.54) is 18.5 Å². The molecule has 1 aromatic carbocycles. The van der Waals surface area contributed by atoms with E-state index in [-0.39, 0.29) is 5.69 Å². The average molecular weight is 369 g/mol. The smallest absolute Gasteiger partial charge is 0.225 e. The Morgan fingerprint density at radius 2 is 1.59 bits per heavy atom. The molecule has 1 fully saturated rings. The molecule has 0 aliphatic carbocycles. The van der Waals surface area contributed by atoms with Gasteiger partial charge in [-0.05, 0) is 18.2 Å². The van der Waals surface area contributed by atoms with Crippen LogP contribution < -0.4 is 15.1 Å². The molecule has 1 aliphatic heterocycles. The van der Waals surface area contributed by atoms with Gasteiger partial charge in [0.1, 0.15) is 29.6 Å². The highest BCUT2D eigenvalue weighted by atomic mass is 19.1. The normalized spacial score (nSPS) is 14.3. The minimum Gasteiger partial charge on any atom is -0.353 e. The summed E-state index contributed by atoms with van der Waals surface area (Å²) in [6, 6.07) is 6.90. The third-order valence-corrected chi connectivity index (χ3v) is 4.29. The molecular weight excluding hydrogens is 352 g/mol. The number of rotatable bonds is 4. The van der Waals surface area contributed by atoms with E-state index in [4.69, 9.17) is 0 Å². The van der Waals surface area contributed by atoms with Gasteiger partial charge in [-0.15, -0.1) is 0 Å². The summed E-state index contributed by atoms with van der Waals surface area (Å²) in [6.07, 6.45) is 4.88. The van der Waals surface area contributed by atoms with Gasteiger partial charge in [0, 0.05) is 50.7 Å². The van der Waals surface area contributed by atoms with Crippen LogP contribution >= 0.6 is 0 Å². The van der Waals surface area contributed by atoms with Gasteiger partial charge in [-0.25, -0.2) is 28.7 Å². The summed E-state index contributed by atoms with van der Waals surface area (Å²) >= 11 is 0. The second-order valence-electron chi connectivity index (χ2n) is 6.03. The number of hydrogen-bond donors (Lipinski definition) is 1. The summed E-state index contributed by atoms with van der Waals surface area (Å²) in [4.78, 5) is 21.2. The predicted octanol–water partition coefficient (Wildman–Crippen LogP) is 2.62. The van der Waals surface area contributed by atoms with E-state index in [1.807, 2.05) is 0 Å². The highest BCUT2D eigenvalue weighted by Crippen LogP contribution is 2.22. The number of piperazine rings is 1. The Bertz CT molecular complexity index is 915. The lowest BCUT2D eigenvalue weighted by Gasteiger charge is -2.35. The van der Waals surface area contributed by atoms with Crippen LogP contribution in [0.15, 0.2) is 49.1 Å². The van der Waals surface area contributed by atoms with Crippen LogP contribution in [-0.4, -0.2) is 46.1 Å². The molecule has 9 heteroatoms. The summed E-state index contributed by atoms with van der Waals surface area (Å²) < 4.78 is 26.9. The van der Waals surface area contributed by atoms with Crippen LogP contribution in [-0.2, 0) is 0 Å². The number of aromatic nitrogens is 4. The number of hydrogen-bond acceptors (Lipinski definition) is 7. The molecule has 0 bridgehead atoms. The van der Waals surface area contributed by atoms with Crippen molar-refractivity contribution in [1.82, 2.24) is 19.9 Å². The van der Waals surface area contributed by atoms with Crippen LogP contribution in [0.3, 0.4) is 0 Å². The number of benzene rings is 1. The van der Waals surface area contributed by atoms with Crippen molar-refractivity contribution in [1.29, 1.82) is 0 Å². The van der Waals surface area contributed by atoms with Crippen molar-refractivity contribution in [3.8, 4) is 0 Å². The molecule has 4 rings (SSSR count). The molecule has 0 unspecified atom stereocenters. The molecule has 1 aliphatic rings. The lowest BCUT2D eigenvalue weighted by Crippen LogP contribution is -2.47. The van der Waals surface area contributed by atoms with Gasteiger partial charge in [0.15, 0.2) is 0 Å². The number of nitrogens with zero attached hydrogens (tertiary/aromatic N) is 6. The van der Waals surface area contributed by atoms with Crippen molar-refractivity contribution in [3.63, 3.8) is 0 Å². The van der Waals surface area contributed by atoms with Gasteiger partial charge in [-0.1, -0.05) is 0 Å². The maximum Gasteiger partial charge on any atom is 0.225 e. The third kappa shape index (κ3) is 3.91. The first-order valence-electron chi connectivity index (χ1n) is 8.50. The van der Waals surface area contributed by atoms with E-state index >= 15 is 0 Å². The van der Waals surface area contributed by atoms with Crippen LogP contribution in [0.25, 0.3) is 0 Å². The molecule has 2 aromatic heterocycles. The zero-order valence-corrected chi connectivity index (χ0v) is 14.4. The molecular formula is C18H17F2N7. The van der Waals surface area contributed by atoms with E-state index in [2.05, 4.69) is 35.1 Å². The maximum atomic E-state index is 13.8. The topological polar surface area (TPSA) is 70.1 Å². The summed E-state index contributed by atoms with van der Waals surface area (Å²) in [5.41, 5.74) is 0.159. The maximum absolute atomic E-state index is 13.8. The van der Waals surface area contributed by atoms with Crippen LogP contribution in [0.2, 0.25) is 0 Å². The number of anilines is 4. The summed E-state index contributed by atoms with van der Waals surface area (Å²) in [6.45, 7) is 3.03. The van der Waals surface area contributed by atoms with Crippen LogP contribution in [0, 0.1) is 11.6 Å². The zero-order valence-electron chi connectivity index (χ0n) is 14.4. The van der Waals surface area contributed by atoms with Crippen molar-refractivity contribution in [2.45, 2.75) is 0 Å². The predicted molar refractivity (Wildman–Crippen MR) is 98.1 cm³/mol. The second kappa shape index (κ2) is 7.48. The number of halogens is 2. The van der Waals surface area contributed by atoms with E-state index in [1.54, 1.807) is 24.5 Å². The van der Waals surface area contributed by atoms with Crippen molar-refractivity contribution < 1.29 is 8.78 Å². The van der Waals surface area contributed by atoms with Crippen LogP contribution in [0.5, 0.6) is 0 Å². The van der Waals surface area contributed by atoms with Gasteiger partial charge in [-0.3, -0.25) is 0 Å². The monoisotopic (exact) mass is 369 g/mol. The Labute approximate surface area is 154 Å². The van der Waals surface area contributed by atoms with E-state index < -0.39 is 11.6 Å². The summed E-state index contributed by atoms with van der Waals surface area (Å²) in [7, 11) is 0. The van der Waals surface area contributed by atoms with Crippen molar-refractivity contribution >= 4 is 23.3 Å². The SMILES string of the molecule is Fc1ccc(Nc2cc(N3CCN(c4ncccn4)CC3)ncn2)c(F)c1. The Kier molecular flexibility index (Phi) is 4.73. The first-order valence-corrected chi connectivity index (χ1v) is 8.50. The lowest BCUT2D eigenvalue weighted by atomic mass is 10.3. The van der Waals surface area contributed by atoms with Crippen LogP contribution in [0.1, 0.15) is 0 Å². The van der Waals surface area contributed by atoms with Gasteiger partial charge in [-0.2, -0.15) is 0 Å². The van der Waals surface area contributed by atoms with Gasteiger partial charge >= 0.3 is 0 Å². The fourth-order valence-electron chi connectivity index (χ4n) is 2.91. The summed E-state index contributed by atoms with van der Waals surface area (Å²) in [5.74, 6) is 0.602. The second-order valence-corrected chi connectivity index (χ2v) is 6.03. The largest absolute Gasteiger partial charge is 0.353 e. The Morgan fingerprint density at radius 1 is 0.852 bits per heavy atom. The number of nitrogens with one attached hydrogen (secondary N) is 1. The molecule has 0 radical (unpaired) electrons. The first kappa shape index (κ1) is 17.1. The van der Waals surface area contributed by atoms with E-state index in [0.717, 1.165) is 38.1 Å². The van der Waals surface area contributed by atoms with Gasteiger partial charge < -0.3 is 15.1 Å². The van der Waals surface area contributed by atoms with Crippen molar-refractivity contribution in [2.24, 2.45) is 0 Å². The highest BCUT2D eigenvalue weighted by Gasteiger charge is 2.20. The molecule has 138 valence electrons. The Morgan fingerprint density at radius 3 is 2.33 bits per heavy atom. The summed E-state index contributed by atoms with van der Waals surface area (Å²) in [5, 5.41) is 2.86. The first-order chi connectivity index (χ1) is 13.2.